The number of pyridine rings is 1. The maximum atomic E-state index is 11.8. The highest BCUT2D eigenvalue weighted by molar-refractivity contribution is 6.33. The maximum Gasteiger partial charge on any atom is 0.285 e. The molecule has 2 fully saturated rings. The van der Waals surface area contributed by atoms with Gasteiger partial charge in [0.2, 0.25) is 5.88 Å². The molecule has 1 atom stereocenters. The van der Waals surface area contributed by atoms with Crippen LogP contribution in [0.3, 0.4) is 0 Å². The lowest BCUT2D eigenvalue weighted by Crippen LogP contribution is -2.45. The van der Waals surface area contributed by atoms with Gasteiger partial charge in [-0.1, -0.05) is 18.5 Å². The van der Waals surface area contributed by atoms with E-state index in [2.05, 4.69) is 33.7 Å². The minimum absolute atomic E-state index is 0.0638. The molecule has 2 aliphatic rings. The number of halogens is 1. The van der Waals surface area contributed by atoms with E-state index in [1.807, 2.05) is 24.0 Å². The first kappa shape index (κ1) is 22.9. The van der Waals surface area contributed by atoms with E-state index in [0.717, 1.165) is 61.7 Å². The Bertz CT molecular complexity index is 1250. The first-order valence-corrected chi connectivity index (χ1v) is 12.0. The van der Waals surface area contributed by atoms with Gasteiger partial charge in [-0.2, -0.15) is 10.2 Å². The maximum absolute atomic E-state index is 11.8. The highest BCUT2D eigenvalue weighted by Crippen LogP contribution is 2.36. The largest absolute Gasteiger partial charge is 0.472 e. The minimum Gasteiger partial charge on any atom is -0.472 e. The molecular weight excluding hydrogens is 456 g/mol. The first-order valence-electron chi connectivity index (χ1n) is 11.6. The van der Waals surface area contributed by atoms with Crippen molar-refractivity contribution in [2.45, 2.75) is 46.3 Å². The highest BCUT2D eigenvalue weighted by atomic mass is 35.5. The zero-order chi connectivity index (χ0) is 23.9. The number of nitrogens with one attached hydrogen (secondary N) is 1. The lowest BCUT2D eigenvalue weighted by atomic mass is 9.83. The van der Waals surface area contributed by atoms with Crippen LogP contribution in [0.15, 0.2) is 29.3 Å². The lowest BCUT2D eigenvalue weighted by molar-refractivity contribution is -0.125. The third-order valence-electron chi connectivity index (χ3n) is 7.01. The lowest BCUT2D eigenvalue weighted by Gasteiger charge is -2.40. The van der Waals surface area contributed by atoms with E-state index < -0.39 is 0 Å². The molecule has 0 spiro atoms. The van der Waals surface area contributed by atoms with Crippen LogP contribution in [0.2, 0.25) is 5.02 Å². The summed E-state index contributed by atoms with van der Waals surface area (Å²) in [7, 11) is 0. The Balaban J connectivity index is 1.32. The molecule has 9 nitrogen and oxygen atoms in total. The van der Waals surface area contributed by atoms with Crippen molar-refractivity contribution in [2.24, 2.45) is 5.41 Å². The monoisotopic (exact) mass is 484 g/mol. The first-order chi connectivity index (χ1) is 16.4. The van der Waals surface area contributed by atoms with Crippen molar-refractivity contribution in [1.82, 2.24) is 25.0 Å². The average Bonchev–Trinajstić information content (AvgIpc) is 3.36. The normalized spacial score (nSPS) is 19.3. The van der Waals surface area contributed by atoms with Crippen LogP contribution in [-0.2, 0) is 11.3 Å². The number of aryl methyl sites for hydroxylation is 1. The van der Waals surface area contributed by atoms with E-state index in [1.165, 1.54) is 0 Å². The average molecular weight is 485 g/mol. The second-order valence-electron chi connectivity index (χ2n) is 9.31. The number of aromatic amines is 1. The molecule has 0 aliphatic carbocycles. The van der Waals surface area contributed by atoms with Gasteiger partial charge in [0.05, 0.1) is 43.9 Å². The SMILES string of the molecule is CCC1(Cn2nc(C)c(-c3ccnc(O[C@@H]4CCN(c5cn[nH]c(=O)c5Cl)C4)c3)c2C)COC1. The van der Waals surface area contributed by atoms with E-state index in [-0.39, 0.29) is 22.1 Å². The van der Waals surface area contributed by atoms with Gasteiger partial charge in [0.25, 0.3) is 5.56 Å². The van der Waals surface area contributed by atoms with Crippen molar-refractivity contribution in [1.29, 1.82) is 0 Å². The quantitative estimate of drug-likeness (QED) is 0.548. The van der Waals surface area contributed by atoms with Crippen molar-refractivity contribution in [2.75, 3.05) is 31.2 Å². The highest BCUT2D eigenvalue weighted by Gasteiger charge is 2.38. The van der Waals surface area contributed by atoms with E-state index in [0.29, 0.717) is 18.1 Å². The van der Waals surface area contributed by atoms with Crippen molar-refractivity contribution in [3.8, 4) is 17.0 Å². The van der Waals surface area contributed by atoms with Crippen LogP contribution in [0.25, 0.3) is 11.1 Å². The molecule has 5 heterocycles. The number of ether oxygens (including phenoxy) is 2. The Labute approximate surface area is 203 Å². The van der Waals surface area contributed by atoms with Crippen LogP contribution in [0.4, 0.5) is 5.69 Å². The Morgan fingerprint density at radius 2 is 2.18 bits per heavy atom. The van der Waals surface area contributed by atoms with Crippen molar-refractivity contribution in [3.63, 3.8) is 0 Å². The molecule has 10 heteroatoms. The van der Waals surface area contributed by atoms with Crippen LogP contribution in [0, 0.1) is 19.3 Å². The van der Waals surface area contributed by atoms with Crippen molar-refractivity contribution < 1.29 is 9.47 Å². The topological polar surface area (TPSA) is 98.2 Å². The summed E-state index contributed by atoms with van der Waals surface area (Å²) in [5.41, 5.74) is 4.70. The van der Waals surface area contributed by atoms with Gasteiger partial charge < -0.3 is 14.4 Å². The molecule has 2 saturated heterocycles. The number of anilines is 1. The number of H-pyrrole nitrogens is 1. The standard InChI is InChI=1S/C24H29ClN6O3/c1-4-24(13-33-14-24)12-31-16(3)21(15(2)29-31)17-5-7-26-20(9-17)34-18-6-8-30(11-18)19-10-27-28-23(32)22(19)25/h5,7,9-10,18H,4,6,8,11-14H2,1-3H3,(H,28,32)/t18-/m1/s1. The number of hydrogen-bond acceptors (Lipinski definition) is 7. The Morgan fingerprint density at radius 1 is 1.35 bits per heavy atom. The summed E-state index contributed by atoms with van der Waals surface area (Å²) in [5.74, 6) is 0.573. The van der Waals surface area contributed by atoms with Gasteiger partial charge >= 0.3 is 0 Å². The molecule has 3 aromatic heterocycles. The zero-order valence-corrected chi connectivity index (χ0v) is 20.4. The molecule has 0 aromatic carbocycles. The third kappa shape index (κ3) is 4.18. The molecule has 0 saturated carbocycles. The molecule has 0 radical (unpaired) electrons. The summed E-state index contributed by atoms with van der Waals surface area (Å²) in [6, 6.07) is 3.98. The van der Waals surface area contributed by atoms with Crippen molar-refractivity contribution >= 4 is 17.3 Å². The van der Waals surface area contributed by atoms with Crippen molar-refractivity contribution in [3.05, 3.63) is 51.3 Å². The second kappa shape index (κ2) is 9.03. The summed E-state index contributed by atoms with van der Waals surface area (Å²) in [6.45, 7) is 10.2. The minimum atomic E-state index is -0.390. The number of hydrogen-bond donors (Lipinski definition) is 1. The fourth-order valence-corrected chi connectivity index (χ4v) is 5.03. The van der Waals surface area contributed by atoms with E-state index >= 15 is 0 Å². The molecule has 5 rings (SSSR count). The summed E-state index contributed by atoms with van der Waals surface area (Å²) >= 11 is 6.17. The summed E-state index contributed by atoms with van der Waals surface area (Å²) in [5, 5.41) is 11.2. The molecule has 1 N–H and O–H groups in total. The van der Waals surface area contributed by atoms with Gasteiger partial charge in [-0.3, -0.25) is 9.48 Å². The van der Waals surface area contributed by atoms with Gasteiger partial charge in [-0.25, -0.2) is 10.1 Å². The van der Waals surface area contributed by atoms with Gasteiger partial charge in [-0.05, 0) is 31.9 Å². The molecule has 2 aliphatic heterocycles. The summed E-state index contributed by atoms with van der Waals surface area (Å²) in [4.78, 5) is 18.2. The molecule has 3 aromatic rings. The van der Waals surface area contributed by atoms with E-state index in [1.54, 1.807) is 12.4 Å². The third-order valence-corrected chi connectivity index (χ3v) is 7.37. The molecule has 0 bridgehead atoms. The number of nitrogens with zero attached hydrogens (tertiary/aromatic N) is 5. The van der Waals surface area contributed by atoms with Crippen LogP contribution in [-0.4, -0.2) is 57.4 Å². The van der Waals surface area contributed by atoms with Gasteiger partial charge in [-0.15, -0.1) is 0 Å². The Hall–Kier alpha value is -2.91. The van der Waals surface area contributed by atoms with Crippen LogP contribution < -0.4 is 15.2 Å². The summed E-state index contributed by atoms with van der Waals surface area (Å²) in [6.07, 6.45) is 5.16. The molecule has 34 heavy (non-hydrogen) atoms. The van der Waals surface area contributed by atoms with Gasteiger partial charge in [0, 0.05) is 41.9 Å². The number of rotatable bonds is 7. The smallest absolute Gasteiger partial charge is 0.285 e. The Morgan fingerprint density at radius 3 is 2.91 bits per heavy atom. The predicted molar refractivity (Wildman–Crippen MR) is 130 cm³/mol. The van der Waals surface area contributed by atoms with E-state index in [4.69, 9.17) is 26.2 Å². The molecule has 180 valence electrons. The second-order valence-corrected chi connectivity index (χ2v) is 9.68. The predicted octanol–water partition coefficient (Wildman–Crippen LogP) is 3.38. The zero-order valence-electron chi connectivity index (χ0n) is 19.7. The molecule has 0 amide bonds. The van der Waals surface area contributed by atoms with E-state index in [9.17, 15) is 4.79 Å². The number of aromatic nitrogens is 5. The fraction of sp³-hybridized carbons (Fsp3) is 0.500. The van der Waals surface area contributed by atoms with Gasteiger partial charge in [0.1, 0.15) is 11.1 Å². The molecular formula is C24H29ClN6O3. The van der Waals surface area contributed by atoms with Crippen LogP contribution in [0.5, 0.6) is 5.88 Å². The Kier molecular flexibility index (Phi) is 6.07. The summed E-state index contributed by atoms with van der Waals surface area (Å²) < 4.78 is 13.8. The molecule has 0 unspecified atom stereocenters. The van der Waals surface area contributed by atoms with Gasteiger partial charge in [0.15, 0.2) is 0 Å². The van der Waals surface area contributed by atoms with Crippen LogP contribution in [0.1, 0.15) is 31.2 Å². The fourth-order valence-electron chi connectivity index (χ4n) is 4.82. The van der Waals surface area contributed by atoms with Crippen LogP contribution >= 0.6 is 11.6 Å².